The topological polar surface area (TPSA) is 115 Å². The maximum Gasteiger partial charge on any atom is 0.202 e. The van der Waals surface area contributed by atoms with Crippen molar-refractivity contribution in [2.45, 2.75) is 60.4 Å². The van der Waals surface area contributed by atoms with Crippen molar-refractivity contribution in [2.24, 2.45) is 5.41 Å². The first kappa shape index (κ1) is 37.8. The minimum atomic E-state index is -0.309. The number of nitrogens with one attached hydrogen (secondary N) is 1. The van der Waals surface area contributed by atoms with Crippen LogP contribution in [0, 0.1) is 19.3 Å². The van der Waals surface area contributed by atoms with Crippen LogP contribution in [0.1, 0.15) is 84.3 Å². The third-order valence-corrected chi connectivity index (χ3v) is 10.1. The first-order valence-electron chi connectivity index (χ1n) is 18.7. The van der Waals surface area contributed by atoms with Crippen LogP contribution in [0.5, 0.6) is 0 Å². The molecule has 0 aliphatic carbocycles. The van der Waals surface area contributed by atoms with Gasteiger partial charge in [-0.15, -0.1) is 0 Å². The summed E-state index contributed by atoms with van der Waals surface area (Å²) in [5.41, 5.74) is 3.66. The number of ketones is 2. The maximum absolute atomic E-state index is 13.6. The number of fused-ring (bicyclic) bond motifs is 4. The Morgan fingerprint density at radius 1 is 0.625 bits per heavy atom. The lowest BCUT2D eigenvalue weighted by molar-refractivity contribution is 0.102. The van der Waals surface area contributed by atoms with Gasteiger partial charge in [0.05, 0.1) is 32.9 Å². The number of aromatic nitrogens is 4. The van der Waals surface area contributed by atoms with Crippen LogP contribution >= 0.6 is 0 Å². The second kappa shape index (κ2) is 14.6. The van der Waals surface area contributed by atoms with Gasteiger partial charge in [0, 0.05) is 52.8 Å². The molecule has 4 aromatic carbocycles. The molecule has 4 heterocycles. The van der Waals surface area contributed by atoms with Gasteiger partial charge in [-0.25, -0.2) is 0 Å². The molecule has 8 heteroatoms. The maximum atomic E-state index is 13.6. The van der Waals surface area contributed by atoms with E-state index in [0.717, 1.165) is 44.9 Å². The molecule has 4 aromatic heterocycles. The molecular formula is C48H44N4O4. The molecule has 0 amide bonds. The predicted molar refractivity (Wildman–Crippen MR) is 226 cm³/mol. The lowest BCUT2D eigenvalue weighted by Crippen LogP contribution is -2.34. The van der Waals surface area contributed by atoms with E-state index in [2.05, 4.69) is 54.1 Å². The molecular weight excluding hydrogens is 697 g/mol. The molecule has 0 saturated carbocycles. The van der Waals surface area contributed by atoms with Gasteiger partial charge in [-0.1, -0.05) is 93.6 Å². The largest absolute Gasteiger partial charge is 0.360 e. The minimum Gasteiger partial charge on any atom is -0.360 e. The molecule has 0 unspecified atom stereocenters. The molecule has 0 fully saturated rings. The van der Waals surface area contributed by atoms with Crippen LogP contribution in [0.3, 0.4) is 0 Å². The highest BCUT2D eigenvalue weighted by Crippen LogP contribution is 2.34. The van der Waals surface area contributed by atoms with Crippen molar-refractivity contribution in [3.8, 4) is 0 Å². The van der Waals surface area contributed by atoms with E-state index in [1.54, 1.807) is 30.6 Å². The van der Waals surface area contributed by atoms with Crippen molar-refractivity contribution >= 4 is 54.9 Å². The van der Waals surface area contributed by atoms with Gasteiger partial charge in [-0.05, 0) is 85.3 Å². The summed E-state index contributed by atoms with van der Waals surface area (Å²) in [5, 5.41) is 4.96. The van der Waals surface area contributed by atoms with Crippen LogP contribution in [-0.4, -0.2) is 31.1 Å². The average molecular weight is 741 g/mol. The molecule has 8 rings (SSSR count). The highest BCUT2D eigenvalue weighted by Gasteiger charge is 2.30. The first-order chi connectivity index (χ1) is 26.6. The highest BCUT2D eigenvalue weighted by molar-refractivity contribution is 6.12. The number of carbonyl (C=O) groups is 2. The number of pyridine rings is 4. The molecule has 280 valence electrons. The van der Waals surface area contributed by atoms with E-state index in [1.807, 2.05) is 92.7 Å². The number of aryl methyl sites for hydroxylation is 2. The van der Waals surface area contributed by atoms with Crippen molar-refractivity contribution < 1.29 is 9.59 Å². The molecule has 0 bridgehead atoms. The van der Waals surface area contributed by atoms with E-state index < -0.39 is 0 Å². The van der Waals surface area contributed by atoms with Crippen molar-refractivity contribution in [3.05, 3.63) is 176 Å². The first-order valence-corrected chi connectivity index (χ1v) is 18.7. The van der Waals surface area contributed by atoms with Gasteiger partial charge in [0.1, 0.15) is 0 Å². The quantitative estimate of drug-likeness (QED) is 0.170. The van der Waals surface area contributed by atoms with Crippen LogP contribution in [0.2, 0.25) is 0 Å². The third kappa shape index (κ3) is 7.55. The third-order valence-electron chi connectivity index (χ3n) is 10.1. The van der Waals surface area contributed by atoms with Crippen LogP contribution in [0.4, 0.5) is 0 Å². The fourth-order valence-corrected chi connectivity index (χ4v) is 7.73. The van der Waals surface area contributed by atoms with Crippen LogP contribution in [0.15, 0.2) is 131 Å². The number of aromatic amines is 1. The molecule has 0 aliphatic rings. The van der Waals surface area contributed by atoms with Gasteiger partial charge >= 0.3 is 0 Å². The summed E-state index contributed by atoms with van der Waals surface area (Å²) in [4.78, 5) is 63.9. The zero-order chi connectivity index (χ0) is 39.9. The molecule has 0 saturated heterocycles. The van der Waals surface area contributed by atoms with E-state index in [0.29, 0.717) is 27.4 Å². The summed E-state index contributed by atoms with van der Waals surface area (Å²) < 4.78 is 2.10. The molecule has 56 heavy (non-hydrogen) atoms. The fourth-order valence-electron chi connectivity index (χ4n) is 7.73. The number of benzene rings is 4. The Kier molecular flexibility index (Phi) is 9.85. The summed E-state index contributed by atoms with van der Waals surface area (Å²) >= 11 is 0. The normalized spacial score (nSPS) is 11.8. The minimum absolute atomic E-state index is 0.0730. The summed E-state index contributed by atoms with van der Waals surface area (Å²) in [6.07, 6.45) is 7.24. The molecule has 0 aliphatic heterocycles. The Bertz CT molecular complexity index is 2970. The predicted octanol–water partition coefficient (Wildman–Crippen LogP) is 9.88. The summed E-state index contributed by atoms with van der Waals surface area (Å²) in [6, 6.07) is 30.5. The molecule has 1 N–H and O–H groups in total. The van der Waals surface area contributed by atoms with Crippen LogP contribution in [-0.2, 0) is 5.54 Å². The van der Waals surface area contributed by atoms with Crippen molar-refractivity contribution in [2.75, 3.05) is 0 Å². The highest BCUT2D eigenvalue weighted by atomic mass is 16.1. The van der Waals surface area contributed by atoms with Gasteiger partial charge in [0.2, 0.25) is 10.9 Å². The smallest absolute Gasteiger partial charge is 0.202 e. The van der Waals surface area contributed by atoms with Gasteiger partial charge in [0.15, 0.2) is 11.6 Å². The SMILES string of the molecule is Cc1cc2[nH]cc(C(=O)c3ccc4ccccc4c3)c(=O)c2cn1.Cc1cc2c(cn1)c(=O)c(C(=O)c1ccc3ccccc3c1)cn2C(C)(C)CC(C)(C)C. The van der Waals surface area contributed by atoms with Crippen molar-refractivity contribution in [1.82, 2.24) is 19.5 Å². The number of nitrogens with zero attached hydrogens (tertiary/aromatic N) is 3. The zero-order valence-electron chi connectivity index (χ0n) is 32.7. The Morgan fingerprint density at radius 2 is 1.12 bits per heavy atom. The van der Waals surface area contributed by atoms with Crippen LogP contribution < -0.4 is 10.9 Å². The average Bonchev–Trinajstić information content (AvgIpc) is 3.16. The molecule has 0 atom stereocenters. The Morgan fingerprint density at radius 3 is 1.70 bits per heavy atom. The van der Waals surface area contributed by atoms with E-state index in [9.17, 15) is 19.2 Å². The van der Waals surface area contributed by atoms with E-state index >= 15 is 0 Å². The summed E-state index contributed by atoms with van der Waals surface area (Å²) in [6.45, 7) is 14.7. The molecule has 0 spiro atoms. The second-order valence-electron chi connectivity index (χ2n) is 16.3. The van der Waals surface area contributed by atoms with Gasteiger partial charge in [-0.2, -0.15) is 0 Å². The Balaban J connectivity index is 0.000000178. The van der Waals surface area contributed by atoms with Crippen molar-refractivity contribution in [3.63, 3.8) is 0 Å². The lowest BCUT2D eigenvalue weighted by atomic mass is 9.81. The molecule has 8 aromatic rings. The van der Waals surface area contributed by atoms with E-state index in [4.69, 9.17) is 0 Å². The Labute approximate surface area is 324 Å². The molecule has 8 nitrogen and oxygen atoms in total. The van der Waals surface area contributed by atoms with Gasteiger partial charge in [0.25, 0.3) is 0 Å². The van der Waals surface area contributed by atoms with E-state index in [1.165, 1.54) is 12.4 Å². The Hall–Kier alpha value is -6.54. The number of carbonyl (C=O) groups excluding carboxylic acids is 2. The number of hydrogen-bond donors (Lipinski definition) is 1. The number of hydrogen-bond acceptors (Lipinski definition) is 6. The standard InChI is InChI=1S/C28H30N2O2.C20H14N2O2/c1-18-13-24-22(15-29-18)26(32)23(16-30(24)28(5,6)17-27(2,3)4)25(31)21-12-11-19-9-7-8-10-20(19)14-21;1-12-8-18-16(10-21-12)20(24)17(11-22-18)19(23)15-7-6-13-4-2-3-5-14(13)9-15/h7-16H,17H2,1-6H3;2-11H,1H3,(H,22,24). The second-order valence-corrected chi connectivity index (χ2v) is 16.3. The number of rotatable bonds is 6. The monoisotopic (exact) mass is 740 g/mol. The van der Waals surface area contributed by atoms with E-state index in [-0.39, 0.29) is 44.5 Å². The summed E-state index contributed by atoms with van der Waals surface area (Å²) in [7, 11) is 0. The van der Waals surface area contributed by atoms with Gasteiger partial charge in [-0.3, -0.25) is 29.1 Å². The fraction of sp³-hybridized carbons (Fsp3) is 0.208. The molecule has 0 radical (unpaired) electrons. The van der Waals surface area contributed by atoms with Gasteiger partial charge < -0.3 is 9.55 Å². The zero-order valence-corrected chi connectivity index (χ0v) is 32.7. The lowest BCUT2D eigenvalue weighted by Gasteiger charge is -2.36. The summed E-state index contributed by atoms with van der Waals surface area (Å²) in [5.74, 6) is -0.548. The number of H-pyrrole nitrogens is 1. The van der Waals surface area contributed by atoms with Crippen LogP contribution in [0.25, 0.3) is 43.4 Å². The van der Waals surface area contributed by atoms with Crippen molar-refractivity contribution in [1.29, 1.82) is 0 Å².